The number of carbonyl (C=O) groups excluding carboxylic acids is 2. The van der Waals surface area contributed by atoms with E-state index in [2.05, 4.69) is 11.4 Å². The van der Waals surface area contributed by atoms with Crippen LogP contribution in [-0.4, -0.2) is 43.6 Å². The maximum Gasteiger partial charge on any atom is 0.322 e. The van der Waals surface area contributed by atoms with Crippen LogP contribution in [0.25, 0.3) is 5.57 Å². The van der Waals surface area contributed by atoms with Crippen LogP contribution in [0.4, 0.5) is 16.2 Å². The molecule has 2 aliphatic heterocycles. The zero-order valence-corrected chi connectivity index (χ0v) is 16.2. The van der Waals surface area contributed by atoms with Gasteiger partial charge in [0.15, 0.2) is 6.61 Å². The molecule has 144 valence electrons. The minimum absolute atomic E-state index is 0.0320. The highest BCUT2D eigenvalue weighted by molar-refractivity contribution is 6.30. The minimum Gasteiger partial charge on any atom is -0.482 e. The van der Waals surface area contributed by atoms with Gasteiger partial charge < -0.3 is 19.9 Å². The van der Waals surface area contributed by atoms with Crippen molar-refractivity contribution in [2.45, 2.75) is 6.42 Å². The summed E-state index contributed by atoms with van der Waals surface area (Å²) >= 11 is 6.07. The molecule has 2 heterocycles. The van der Waals surface area contributed by atoms with Crippen LogP contribution in [0, 0.1) is 0 Å². The molecule has 0 atom stereocenters. The predicted molar refractivity (Wildman–Crippen MR) is 110 cm³/mol. The van der Waals surface area contributed by atoms with Gasteiger partial charge in [0.05, 0.1) is 5.69 Å². The van der Waals surface area contributed by atoms with Gasteiger partial charge >= 0.3 is 6.03 Å². The molecule has 28 heavy (non-hydrogen) atoms. The lowest BCUT2D eigenvalue weighted by molar-refractivity contribution is -0.120. The molecular weight excluding hydrogens is 378 g/mol. The summed E-state index contributed by atoms with van der Waals surface area (Å²) in [6.07, 6.45) is 2.82. The van der Waals surface area contributed by atoms with Gasteiger partial charge in [0.25, 0.3) is 5.91 Å². The van der Waals surface area contributed by atoms with Gasteiger partial charge in [-0.05, 0) is 47.9 Å². The minimum atomic E-state index is -0.174. The Hall–Kier alpha value is -2.99. The van der Waals surface area contributed by atoms with Crippen LogP contribution in [0.15, 0.2) is 48.5 Å². The Labute approximate surface area is 168 Å². The van der Waals surface area contributed by atoms with Crippen molar-refractivity contribution >= 4 is 40.5 Å². The van der Waals surface area contributed by atoms with E-state index in [1.165, 1.54) is 10.5 Å². The van der Waals surface area contributed by atoms with E-state index in [0.717, 1.165) is 12.0 Å². The number of nitrogens with one attached hydrogen (secondary N) is 1. The number of likely N-dealkylation sites (N-methyl/N-ethyl adjacent to an activating group) is 1. The summed E-state index contributed by atoms with van der Waals surface area (Å²) in [7, 11) is 1.70. The Morgan fingerprint density at radius 2 is 2.07 bits per heavy atom. The molecule has 0 saturated carbocycles. The molecule has 0 unspecified atom stereocenters. The molecule has 2 aliphatic rings. The molecule has 0 aliphatic carbocycles. The van der Waals surface area contributed by atoms with E-state index in [0.29, 0.717) is 35.2 Å². The van der Waals surface area contributed by atoms with Crippen LogP contribution in [0.5, 0.6) is 5.75 Å². The average Bonchev–Trinajstić information content (AvgIpc) is 2.71. The van der Waals surface area contributed by atoms with Crippen molar-refractivity contribution in [3.05, 3.63) is 59.1 Å². The van der Waals surface area contributed by atoms with Gasteiger partial charge in [0.1, 0.15) is 5.75 Å². The highest BCUT2D eigenvalue weighted by Crippen LogP contribution is 2.34. The van der Waals surface area contributed by atoms with E-state index in [4.69, 9.17) is 16.3 Å². The maximum absolute atomic E-state index is 12.6. The van der Waals surface area contributed by atoms with Crippen molar-refractivity contribution in [1.29, 1.82) is 0 Å². The summed E-state index contributed by atoms with van der Waals surface area (Å²) in [4.78, 5) is 27.7. The number of carbonyl (C=O) groups is 2. The van der Waals surface area contributed by atoms with Gasteiger partial charge in [0.2, 0.25) is 0 Å². The number of ether oxygens (including phenoxy) is 1. The molecule has 0 saturated heterocycles. The van der Waals surface area contributed by atoms with Crippen molar-refractivity contribution in [2.75, 3.05) is 37.0 Å². The summed E-state index contributed by atoms with van der Waals surface area (Å²) in [5.41, 5.74) is 3.56. The Morgan fingerprint density at radius 3 is 2.82 bits per heavy atom. The number of hydrogen-bond acceptors (Lipinski definition) is 3. The van der Waals surface area contributed by atoms with Crippen molar-refractivity contribution in [1.82, 2.24) is 4.90 Å². The quantitative estimate of drug-likeness (QED) is 0.832. The second kappa shape index (κ2) is 7.56. The van der Waals surface area contributed by atoms with Crippen LogP contribution in [-0.2, 0) is 4.79 Å². The molecule has 3 amide bonds. The van der Waals surface area contributed by atoms with Crippen LogP contribution >= 0.6 is 11.6 Å². The topological polar surface area (TPSA) is 61.9 Å². The Balaban J connectivity index is 1.43. The van der Waals surface area contributed by atoms with Gasteiger partial charge in [-0.1, -0.05) is 29.8 Å². The first-order valence-electron chi connectivity index (χ1n) is 9.05. The third-order valence-corrected chi connectivity index (χ3v) is 5.22. The summed E-state index contributed by atoms with van der Waals surface area (Å²) in [6.45, 7) is 1.18. The number of rotatable bonds is 2. The lowest BCUT2D eigenvalue weighted by Gasteiger charge is -2.28. The number of halogens is 1. The molecule has 4 rings (SSSR count). The van der Waals surface area contributed by atoms with Gasteiger partial charge in [-0.15, -0.1) is 0 Å². The second-order valence-electron chi connectivity index (χ2n) is 6.79. The molecule has 0 aromatic heterocycles. The largest absolute Gasteiger partial charge is 0.482 e. The highest BCUT2D eigenvalue weighted by atomic mass is 35.5. The molecule has 0 bridgehead atoms. The molecule has 7 heteroatoms. The molecule has 6 nitrogen and oxygen atoms in total. The van der Waals surface area contributed by atoms with Crippen LogP contribution < -0.4 is 15.0 Å². The third kappa shape index (κ3) is 3.68. The van der Waals surface area contributed by atoms with Gasteiger partial charge in [0, 0.05) is 30.8 Å². The SMILES string of the molecule is CN1C(=O)COc2ccc(NC(=O)N3CC=C(c4cccc(Cl)c4)CC3)cc21. The van der Waals surface area contributed by atoms with Crippen molar-refractivity contribution < 1.29 is 14.3 Å². The number of hydrogen-bond donors (Lipinski definition) is 1. The van der Waals surface area contributed by atoms with Crippen LogP contribution in [0.3, 0.4) is 0 Å². The Kier molecular flexibility index (Phi) is 4.96. The maximum atomic E-state index is 12.6. The van der Waals surface area contributed by atoms with Crippen molar-refractivity contribution in [3.8, 4) is 5.75 Å². The predicted octanol–water partition coefficient (Wildman–Crippen LogP) is 4.02. The number of nitrogens with zero attached hydrogens (tertiary/aromatic N) is 2. The summed E-state index contributed by atoms with van der Waals surface area (Å²) in [5.74, 6) is 0.512. The van der Waals surface area contributed by atoms with Gasteiger partial charge in [-0.25, -0.2) is 4.79 Å². The monoisotopic (exact) mass is 397 g/mol. The number of benzene rings is 2. The smallest absolute Gasteiger partial charge is 0.322 e. The normalized spacial score (nSPS) is 16.2. The fourth-order valence-electron chi connectivity index (χ4n) is 3.36. The summed E-state index contributed by atoms with van der Waals surface area (Å²) < 4.78 is 5.41. The number of urea groups is 1. The average molecular weight is 398 g/mol. The molecular formula is C21H20ClN3O3. The van der Waals surface area contributed by atoms with E-state index in [9.17, 15) is 9.59 Å². The first kappa shape index (κ1) is 18.4. The second-order valence-corrected chi connectivity index (χ2v) is 7.23. The molecule has 2 aromatic carbocycles. The first-order valence-corrected chi connectivity index (χ1v) is 9.43. The highest BCUT2D eigenvalue weighted by Gasteiger charge is 2.23. The van der Waals surface area contributed by atoms with E-state index >= 15 is 0 Å². The van der Waals surface area contributed by atoms with Crippen LogP contribution in [0.1, 0.15) is 12.0 Å². The lowest BCUT2D eigenvalue weighted by atomic mass is 10.00. The van der Waals surface area contributed by atoms with E-state index in [1.54, 1.807) is 30.1 Å². The summed E-state index contributed by atoms with van der Waals surface area (Å²) in [5, 5.41) is 3.61. The molecule has 0 fully saturated rings. The number of fused-ring (bicyclic) bond motifs is 1. The van der Waals surface area contributed by atoms with E-state index in [-0.39, 0.29) is 18.5 Å². The number of amides is 3. The molecule has 0 spiro atoms. The Bertz CT molecular complexity index is 973. The summed E-state index contributed by atoms with van der Waals surface area (Å²) in [6, 6.07) is 12.9. The fraction of sp³-hybridized carbons (Fsp3) is 0.238. The lowest BCUT2D eigenvalue weighted by Crippen LogP contribution is -2.38. The molecule has 0 radical (unpaired) electrons. The number of anilines is 2. The fourth-order valence-corrected chi connectivity index (χ4v) is 3.55. The van der Waals surface area contributed by atoms with E-state index < -0.39 is 0 Å². The standard InChI is InChI=1S/C21H20ClN3O3/c1-24-18-12-17(5-6-19(18)28-13-20(24)26)23-21(27)25-9-7-14(8-10-25)15-3-2-4-16(22)11-15/h2-7,11-12H,8-10,13H2,1H3,(H,23,27). The zero-order chi connectivity index (χ0) is 19.7. The first-order chi connectivity index (χ1) is 13.5. The molecule has 1 N–H and O–H groups in total. The van der Waals surface area contributed by atoms with Gasteiger partial charge in [-0.3, -0.25) is 4.79 Å². The third-order valence-electron chi connectivity index (χ3n) is 4.99. The molecule has 2 aromatic rings. The van der Waals surface area contributed by atoms with Gasteiger partial charge in [-0.2, -0.15) is 0 Å². The van der Waals surface area contributed by atoms with Crippen molar-refractivity contribution in [2.24, 2.45) is 0 Å². The Morgan fingerprint density at radius 1 is 1.21 bits per heavy atom. The van der Waals surface area contributed by atoms with Crippen LogP contribution in [0.2, 0.25) is 5.02 Å². The zero-order valence-electron chi connectivity index (χ0n) is 15.4. The van der Waals surface area contributed by atoms with E-state index in [1.807, 2.05) is 24.3 Å². The van der Waals surface area contributed by atoms with Crippen molar-refractivity contribution in [3.63, 3.8) is 0 Å².